The van der Waals surface area contributed by atoms with Crippen LogP contribution in [-0.4, -0.2) is 25.2 Å². The first-order valence-electron chi connectivity index (χ1n) is 12.6. The summed E-state index contributed by atoms with van der Waals surface area (Å²) in [5.41, 5.74) is 7.09. The van der Waals surface area contributed by atoms with Crippen molar-refractivity contribution in [1.29, 1.82) is 0 Å². The van der Waals surface area contributed by atoms with Gasteiger partial charge in [-0.25, -0.2) is 9.82 Å². The number of sulfonamides is 1. The summed E-state index contributed by atoms with van der Waals surface area (Å²) < 4.78 is 34.4. The number of methoxy groups -OCH3 is 1. The van der Waals surface area contributed by atoms with Crippen LogP contribution in [0.5, 0.6) is 5.75 Å². The Balaban J connectivity index is 1.65. The van der Waals surface area contributed by atoms with Gasteiger partial charge in [0, 0.05) is 29.1 Å². The van der Waals surface area contributed by atoms with Crippen molar-refractivity contribution in [3.05, 3.63) is 126 Å². The summed E-state index contributed by atoms with van der Waals surface area (Å²) >= 11 is 0. The molecule has 0 saturated heterocycles. The predicted molar refractivity (Wildman–Crippen MR) is 155 cm³/mol. The lowest BCUT2D eigenvalue weighted by Crippen LogP contribution is -2.27. The zero-order valence-corrected chi connectivity index (χ0v) is 22.4. The van der Waals surface area contributed by atoms with Crippen molar-refractivity contribution in [1.82, 2.24) is 9.66 Å². The molecule has 4 aromatic rings. The Morgan fingerprint density at radius 2 is 1.56 bits per heavy atom. The van der Waals surface area contributed by atoms with Gasteiger partial charge in [-0.15, -0.1) is 0 Å². The molecule has 4 aromatic carbocycles. The van der Waals surface area contributed by atoms with Gasteiger partial charge in [0.15, 0.2) is 0 Å². The van der Waals surface area contributed by atoms with Gasteiger partial charge in [0.25, 0.3) is 10.0 Å². The SMILES string of the molecule is COc1ccc2nc3c(-c4ccccc4)c(Cc4ccccc4)n(NS(=O)(=O)c4ccc(C)cc4)cc-3c2c1. The van der Waals surface area contributed by atoms with Crippen molar-refractivity contribution in [3.8, 4) is 28.1 Å². The maximum absolute atomic E-state index is 13.6. The Morgan fingerprint density at radius 1 is 0.872 bits per heavy atom. The Hall–Kier alpha value is -4.62. The van der Waals surface area contributed by atoms with Crippen molar-refractivity contribution in [3.63, 3.8) is 0 Å². The number of rotatable bonds is 7. The molecule has 0 radical (unpaired) electrons. The number of nitrogens with zero attached hydrogens (tertiary/aromatic N) is 2. The van der Waals surface area contributed by atoms with Crippen molar-refractivity contribution >= 4 is 20.9 Å². The standard InChI is InChI=1S/C32H27N3O3S/c1-22-13-16-26(17-14-22)39(36,37)34-35-21-28-27-20-25(38-2)15-18-29(27)33-32(28)31(24-11-7-4-8-12-24)30(35)19-23-9-5-3-6-10-23/h3-18,20-21,34H,19H2,1-2H3. The highest BCUT2D eigenvalue weighted by atomic mass is 32.2. The molecule has 0 amide bonds. The summed E-state index contributed by atoms with van der Waals surface area (Å²) in [7, 11) is -2.27. The van der Waals surface area contributed by atoms with E-state index in [2.05, 4.69) is 4.83 Å². The highest BCUT2D eigenvalue weighted by molar-refractivity contribution is 7.92. The quantitative estimate of drug-likeness (QED) is 0.249. The Bertz CT molecular complexity index is 1850. The van der Waals surface area contributed by atoms with E-state index in [0.29, 0.717) is 12.2 Å². The lowest BCUT2D eigenvalue weighted by molar-refractivity contribution is 0.415. The van der Waals surface area contributed by atoms with Gasteiger partial charge in [-0.1, -0.05) is 78.4 Å². The number of fused-ring (bicyclic) bond motifs is 3. The first kappa shape index (κ1) is 24.7. The van der Waals surface area contributed by atoms with Crippen LogP contribution in [0.1, 0.15) is 16.8 Å². The van der Waals surface area contributed by atoms with Crippen LogP contribution in [0.4, 0.5) is 0 Å². The van der Waals surface area contributed by atoms with Gasteiger partial charge in [0.05, 0.1) is 28.9 Å². The molecule has 2 aliphatic heterocycles. The van der Waals surface area contributed by atoms with E-state index in [-0.39, 0.29) is 4.90 Å². The second kappa shape index (κ2) is 9.93. The number of pyridine rings is 1. The van der Waals surface area contributed by atoms with E-state index in [1.54, 1.807) is 36.1 Å². The molecular weight excluding hydrogens is 506 g/mol. The summed E-state index contributed by atoms with van der Waals surface area (Å²) in [6, 6.07) is 32.6. The van der Waals surface area contributed by atoms with E-state index >= 15 is 0 Å². The molecule has 0 saturated carbocycles. The Labute approximate surface area is 227 Å². The van der Waals surface area contributed by atoms with Crippen molar-refractivity contribution in [2.45, 2.75) is 18.2 Å². The molecule has 0 aliphatic carbocycles. The fourth-order valence-electron chi connectivity index (χ4n) is 4.90. The number of aromatic nitrogens is 2. The Morgan fingerprint density at radius 3 is 2.26 bits per heavy atom. The number of ether oxygens (including phenoxy) is 1. The first-order valence-corrected chi connectivity index (χ1v) is 14.1. The highest BCUT2D eigenvalue weighted by Gasteiger charge is 2.26. The smallest absolute Gasteiger partial charge is 0.275 e. The molecule has 7 heteroatoms. The molecule has 0 bridgehead atoms. The van der Waals surface area contributed by atoms with Gasteiger partial charge in [-0.3, -0.25) is 4.68 Å². The molecule has 6 nitrogen and oxygen atoms in total. The van der Waals surface area contributed by atoms with Crippen molar-refractivity contribution in [2.75, 3.05) is 11.9 Å². The van der Waals surface area contributed by atoms with Crippen molar-refractivity contribution in [2.24, 2.45) is 0 Å². The number of hydrogen-bond acceptors (Lipinski definition) is 4. The van der Waals surface area contributed by atoms with E-state index in [9.17, 15) is 8.42 Å². The minimum atomic E-state index is -3.89. The van der Waals surface area contributed by atoms with Crippen LogP contribution in [-0.2, 0) is 16.4 Å². The lowest BCUT2D eigenvalue weighted by Gasteiger charge is -2.23. The molecule has 0 spiro atoms. The van der Waals surface area contributed by atoms with Gasteiger partial charge in [-0.2, -0.15) is 8.42 Å². The third-order valence-corrected chi connectivity index (χ3v) is 8.21. The number of benzene rings is 4. The average molecular weight is 534 g/mol. The van der Waals surface area contributed by atoms with Crippen LogP contribution < -0.4 is 9.57 Å². The maximum Gasteiger partial charge on any atom is 0.275 e. The number of nitrogens with one attached hydrogen (secondary N) is 1. The van der Waals surface area contributed by atoms with Gasteiger partial charge in [0.2, 0.25) is 0 Å². The average Bonchev–Trinajstić information content (AvgIpc) is 3.31. The molecule has 6 rings (SSSR count). The summed E-state index contributed by atoms with van der Waals surface area (Å²) in [6.45, 7) is 1.93. The molecule has 0 atom stereocenters. The molecule has 2 aliphatic rings. The summed E-state index contributed by atoms with van der Waals surface area (Å²) in [5.74, 6) is 0.707. The minimum Gasteiger partial charge on any atom is -0.497 e. The first-order chi connectivity index (χ1) is 18.9. The third-order valence-electron chi connectivity index (χ3n) is 6.88. The van der Waals surface area contributed by atoms with Crippen molar-refractivity contribution < 1.29 is 13.2 Å². The summed E-state index contributed by atoms with van der Waals surface area (Å²) in [4.78, 5) is 8.08. The number of aryl methyl sites for hydroxylation is 1. The zero-order chi connectivity index (χ0) is 27.0. The van der Waals surface area contributed by atoms with E-state index in [1.165, 1.54) is 0 Å². The zero-order valence-electron chi connectivity index (χ0n) is 21.6. The summed E-state index contributed by atoms with van der Waals surface area (Å²) in [6.07, 6.45) is 2.32. The highest BCUT2D eigenvalue weighted by Crippen LogP contribution is 2.42. The lowest BCUT2D eigenvalue weighted by atomic mass is 9.94. The van der Waals surface area contributed by atoms with E-state index < -0.39 is 10.0 Å². The van der Waals surface area contributed by atoms with Crippen LogP contribution in [0, 0.1) is 6.92 Å². The second-order valence-electron chi connectivity index (χ2n) is 9.51. The molecule has 0 fully saturated rings. The fourth-order valence-corrected chi connectivity index (χ4v) is 5.92. The monoisotopic (exact) mass is 533 g/mol. The fraction of sp³-hybridized carbons (Fsp3) is 0.0938. The van der Waals surface area contributed by atoms with E-state index in [1.807, 2.05) is 92.0 Å². The molecule has 2 heterocycles. The van der Waals surface area contributed by atoms with E-state index in [4.69, 9.17) is 9.72 Å². The van der Waals surface area contributed by atoms with Gasteiger partial charge < -0.3 is 4.74 Å². The normalized spacial score (nSPS) is 11.6. The predicted octanol–water partition coefficient (Wildman–Crippen LogP) is 6.65. The third kappa shape index (κ3) is 4.73. The van der Waals surface area contributed by atoms with Crippen LogP contribution in [0.2, 0.25) is 0 Å². The van der Waals surface area contributed by atoms with Crippen LogP contribution in [0.3, 0.4) is 0 Å². The van der Waals surface area contributed by atoms with E-state index in [0.717, 1.165) is 50.1 Å². The topological polar surface area (TPSA) is 73.2 Å². The second-order valence-corrected chi connectivity index (χ2v) is 11.2. The molecule has 194 valence electrons. The van der Waals surface area contributed by atoms with Gasteiger partial charge >= 0.3 is 0 Å². The molecule has 39 heavy (non-hydrogen) atoms. The van der Waals surface area contributed by atoms with Crippen LogP contribution in [0.25, 0.3) is 33.3 Å². The minimum absolute atomic E-state index is 0.194. The van der Waals surface area contributed by atoms with Gasteiger partial charge in [-0.05, 0) is 48.4 Å². The number of hydrogen-bond donors (Lipinski definition) is 1. The van der Waals surface area contributed by atoms with Crippen LogP contribution >= 0.6 is 0 Å². The largest absolute Gasteiger partial charge is 0.497 e. The molecular formula is C32H27N3O3S. The summed E-state index contributed by atoms with van der Waals surface area (Å²) in [5, 5.41) is 0.885. The molecule has 0 unspecified atom stereocenters. The van der Waals surface area contributed by atoms with Gasteiger partial charge in [0.1, 0.15) is 5.75 Å². The maximum atomic E-state index is 13.6. The molecule has 0 aromatic heterocycles. The molecule has 1 N–H and O–H groups in total. The van der Waals surface area contributed by atoms with Crippen LogP contribution in [0.15, 0.2) is 114 Å². The Kier molecular flexibility index (Phi) is 6.29.